The summed E-state index contributed by atoms with van der Waals surface area (Å²) >= 11 is 0. The van der Waals surface area contributed by atoms with Crippen molar-refractivity contribution in [3.63, 3.8) is 0 Å². The Morgan fingerprint density at radius 2 is 1.96 bits per heavy atom. The normalized spacial score (nSPS) is 10.3. The Labute approximate surface area is 151 Å². The highest BCUT2D eigenvalue weighted by Gasteiger charge is 2.16. The summed E-state index contributed by atoms with van der Waals surface area (Å²) < 4.78 is 10.5. The fourth-order valence-electron chi connectivity index (χ4n) is 2.41. The highest BCUT2D eigenvalue weighted by atomic mass is 16.5. The van der Waals surface area contributed by atoms with E-state index in [2.05, 4.69) is 20.3 Å². The van der Waals surface area contributed by atoms with E-state index in [1.807, 2.05) is 6.07 Å². The van der Waals surface area contributed by atoms with Crippen molar-refractivity contribution in [3.8, 4) is 22.8 Å². The van der Waals surface area contributed by atoms with Crippen molar-refractivity contribution in [2.45, 2.75) is 6.92 Å². The number of ether oxygens (including phenoxy) is 2. The van der Waals surface area contributed by atoms with Crippen LogP contribution in [-0.2, 0) is 0 Å². The predicted molar refractivity (Wildman–Crippen MR) is 97.5 cm³/mol. The molecule has 1 aromatic carbocycles. The zero-order valence-electron chi connectivity index (χ0n) is 14.7. The van der Waals surface area contributed by atoms with Crippen LogP contribution in [0.4, 0.5) is 5.69 Å². The lowest BCUT2D eigenvalue weighted by atomic mass is 10.2. The molecule has 2 aromatic heterocycles. The first-order valence-electron chi connectivity index (χ1n) is 7.90. The van der Waals surface area contributed by atoms with E-state index >= 15 is 0 Å². The van der Waals surface area contributed by atoms with Crippen LogP contribution in [0.25, 0.3) is 11.3 Å². The van der Waals surface area contributed by atoms with E-state index in [4.69, 9.17) is 9.47 Å². The third kappa shape index (κ3) is 3.61. The Hall–Kier alpha value is -3.48. The van der Waals surface area contributed by atoms with Gasteiger partial charge in [-0.25, -0.2) is 4.98 Å². The zero-order chi connectivity index (χ0) is 18.5. The molecule has 2 heterocycles. The highest BCUT2D eigenvalue weighted by Crippen LogP contribution is 2.29. The van der Waals surface area contributed by atoms with Crippen LogP contribution >= 0.6 is 0 Å². The maximum absolute atomic E-state index is 12.8. The molecule has 3 rings (SSSR count). The molecule has 0 saturated carbocycles. The number of aryl methyl sites for hydroxylation is 1. The number of methoxy groups -OCH3 is 2. The van der Waals surface area contributed by atoms with Crippen LogP contribution in [0.1, 0.15) is 16.2 Å². The second-order valence-corrected chi connectivity index (χ2v) is 5.45. The van der Waals surface area contributed by atoms with Crippen molar-refractivity contribution in [2.75, 3.05) is 19.5 Å². The Balaban J connectivity index is 1.93. The fourth-order valence-corrected chi connectivity index (χ4v) is 2.41. The van der Waals surface area contributed by atoms with Crippen LogP contribution in [0.5, 0.6) is 11.5 Å². The Kier molecular flexibility index (Phi) is 5.07. The molecule has 7 heteroatoms. The molecule has 0 aliphatic rings. The van der Waals surface area contributed by atoms with Gasteiger partial charge in [0.15, 0.2) is 0 Å². The molecule has 0 unspecified atom stereocenters. The summed E-state index contributed by atoms with van der Waals surface area (Å²) in [4.78, 5) is 25.6. The molecule has 0 saturated heterocycles. The Morgan fingerprint density at radius 1 is 1.12 bits per heavy atom. The number of amides is 1. The first kappa shape index (κ1) is 17.3. The van der Waals surface area contributed by atoms with Crippen LogP contribution in [0.2, 0.25) is 0 Å². The summed E-state index contributed by atoms with van der Waals surface area (Å²) in [6.45, 7) is 1.73. The fraction of sp³-hybridized carbons (Fsp3) is 0.158. The number of pyridine rings is 1. The summed E-state index contributed by atoms with van der Waals surface area (Å²) in [7, 11) is 3.09. The van der Waals surface area contributed by atoms with Crippen molar-refractivity contribution in [1.82, 2.24) is 15.0 Å². The first-order valence-corrected chi connectivity index (χ1v) is 7.90. The smallest absolute Gasteiger partial charge is 0.276 e. The molecule has 1 N–H and O–H groups in total. The molecule has 7 nitrogen and oxygen atoms in total. The second kappa shape index (κ2) is 7.60. The molecular weight excluding hydrogens is 332 g/mol. The van der Waals surface area contributed by atoms with Crippen molar-refractivity contribution in [1.29, 1.82) is 0 Å². The minimum atomic E-state index is -0.382. The third-order valence-corrected chi connectivity index (χ3v) is 3.78. The van der Waals surface area contributed by atoms with Crippen molar-refractivity contribution in [2.24, 2.45) is 0 Å². The standard InChI is InChI=1S/C19H18N4O3/c1-12-18(22-16(11-21-12)13-5-4-8-20-10-13)19(24)23-15-9-14(25-2)6-7-17(15)26-3/h4-11H,1-3H3,(H,23,24). The number of nitrogens with one attached hydrogen (secondary N) is 1. The highest BCUT2D eigenvalue weighted by molar-refractivity contribution is 6.04. The lowest BCUT2D eigenvalue weighted by molar-refractivity contribution is 0.102. The number of carbonyl (C=O) groups is 1. The monoisotopic (exact) mass is 350 g/mol. The van der Waals surface area contributed by atoms with Gasteiger partial charge in [-0.1, -0.05) is 0 Å². The summed E-state index contributed by atoms with van der Waals surface area (Å²) in [6, 6.07) is 8.82. The molecule has 26 heavy (non-hydrogen) atoms. The number of hydrogen-bond acceptors (Lipinski definition) is 6. The van der Waals surface area contributed by atoms with E-state index in [9.17, 15) is 4.79 Å². The van der Waals surface area contributed by atoms with Crippen LogP contribution in [0.15, 0.2) is 48.9 Å². The third-order valence-electron chi connectivity index (χ3n) is 3.78. The Bertz CT molecular complexity index is 929. The van der Waals surface area contributed by atoms with Gasteiger partial charge in [0.05, 0.1) is 37.5 Å². The number of carbonyl (C=O) groups excluding carboxylic acids is 1. The SMILES string of the molecule is COc1ccc(OC)c(NC(=O)c2nc(-c3cccnc3)cnc2C)c1. The molecular formula is C19H18N4O3. The van der Waals surface area contributed by atoms with Crippen LogP contribution < -0.4 is 14.8 Å². The van der Waals surface area contributed by atoms with E-state index in [1.54, 1.807) is 56.9 Å². The minimum Gasteiger partial charge on any atom is -0.497 e. The molecule has 132 valence electrons. The molecule has 1 amide bonds. The van der Waals surface area contributed by atoms with Gasteiger partial charge in [-0.2, -0.15) is 0 Å². The summed E-state index contributed by atoms with van der Waals surface area (Å²) in [6.07, 6.45) is 4.97. The lowest BCUT2D eigenvalue weighted by Crippen LogP contribution is -2.17. The van der Waals surface area contributed by atoms with Crippen molar-refractivity contribution >= 4 is 11.6 Å². The first-order chi connectivity index (χ1) is 12.6. The minimum absolute atomic E-state index is 0.233. The van der Waals surface area contributed by atoms with Crippen LogP contribution in [0, 0.1) is 6.92 Å². The lowest BCUT2D eigenvalue weighted by Gasteiger charge is -2.12. The maximum Gasteiger partial charge on any atom is 0.276 e. The average Bonchev–Trinajstić information content (AvgIpc) is 2.68. The van der Waals surface area contributed by atoms with Gasteiger partial charge in [0.1, 0.15) is 17.2 Å². The largest absolute Gasteiger partial charge is 0.497 e. The Morgan fingerprint density at radius 3 is 2.65 bits per heavy atom. The molecule has 0 radical (unpaired) electrons. The maximum atomic E-state index is 12.8. The van der Waals surface area contributed by atoms with Crippen molar-refractivity contribution in [3.05, 3.63) is 60.3 Å². The van der Waals surface area contributed by atoms with E-state index in [0.29, 0.717) is 28.6 Å². The quantitative estimate of drug-likeness (QED) is 0.761. The molecule has 0 aliphatic carbocycles. The number of nitrogens with zero attached hydrogens (tertiary/aromatic N) is 3. The number of anilines is 1. The molecule has 0 fully saturated rings. The van der Waals surface area contributed by atoms with E-state index in [0.717, 1.165) is 5.56 Å². The number of benzene rings is 1. The van der Waals surface area contributed by atoms with Crippen LogP contribution in [0.3, 0.4) is 0 Å². The summed E-state index contributed by atoms with van der Waals surface area (Å²) in [5.74, 6) is 0.744. The molecule has 0 spiro atoms. The average molecular weight is 350 g/mol. The van der Waals surface area contributed by atoms with Gasteiger partial charge in [-0.15, -0.1) is 0 Å². The van der Waals surface area contributed by atoms with E-state index in [-0.39, 0.29) is 11.6 Å². The zero-order valence-corrected chi connectivity index (χ0v) is 14.7. The predicted octanol–water partition coefficient (Wildman–Crippen LogP) is 3.12. The van der Waals surface area contributed by atoms with Gasteiger partial charge in [0.25, 0.3) is 5.91 Å². The topological polar surface area (TPSA) is 86.2 Å². The summed E-state index contributed by atoms with van der Waals surface area (Å²) in [5.41, 5.74) is 2.61. The molecule has 3 aromatic rings. The second-order valence-electron chi connectivity index (χ2n) is 5.45. The summed E-state index contributed by atoms with van der Waals surface area (Å²) in [5, 5.41) is 2.81. The van der Waals surface area contributed by atoms with Crippen LogP contribution in [-0.4, -0.2) is 35.1 Å². The van der Waals surface area contributed by atoms with Gasteiger partial charge in [0, 0.05) is 24.0 Å². The van der Waals surface area contributed by atoms with E-state index in [1.165, 1.54) is 7.11 Å². The number of hydrogen-bond donors (Lipinski definition) is 1. The molecule has 0 aliphatic heterocycles. The van der Waals surface area contributed by atoms with Gasteiger partial charge < -0.3 is 14.8 Å². The van der Waals surface area contributed by atoms with Gasteiger partial charge in [-0.05, 0) is 31.2 Å². The number of aromatic nitrogens is 3. The van der Waals surface area contributed by atoms with E-state index < -0.39 is 0 Å². The number of rotatable bonds is 5. The van der Waals surface area contributed by atoms with Gasteiger partial charge >= 0.3 is 0 Å². The van der Waals surface area contributed by atoms with Crippen molar-refractivity contribution < 1.29 is 14.3 Å². The van der Waals surface area contributed by atoms with Gasteiger partial charge in [0.2, 0.25) is 0 Å². The molecule has 0 atom stereocenters. The van der Waals surface area contributed by atoms with Gasteiger partial charge in [-0.3, -0.25) is 14.8 Å². The molecule has 0 bridgehead atoms.